The summed E-state index contributed by atoms with van der Waals surface area (Å²) in [6, 6.07) is 16.2. The van der Waals surface area contributed by atoms with Gasteiger partial charge >= 0.3 is 0 Å². The van der Waals surface area contributed by atoms with Gasteiger partial charge in [0, 0.05) is 25.1 Å². The maximum Gasteiger partial charge on any atom is 0.277 e. The molecule has 0 spiro atoms. The van der Waals surface area contributed by atoms with Crippen LogP contribution in [0.1, 0.15) is 22.9 Å². The van der Waals surface area contributed by atoms with Gasteiger partial charge in [0.05, 0.1) is 21.0 Å². The van der Waals surface area contributed by atoms with Gasteiger partial charge in [0.25, 0.3) is 5.22 Å². The number of carbonyl (C=O) groups excluding carboxylic acids is 1. The van der Waals surface area contributed by atoms with Crippen LogP contribution in [0.5, 0.6) is 0 Å². The molecular formula is C22H20N4O2S2. The van der Waals surface area contributed by atoms with Crippen LogP contribution in [0.15, 0.2) is 58.2 Å². The summed E-state index contributed by atoms with van der Waals surface area (Å²) >= 11 is 2.99. The lowest BCUT2D eigenvalue weighted by molar-refractivity contribution is -0.116. The largest absolute Gasteiger partial charge is 0.416 e. The molecule has 0 radical (unpaired) electrons. The highest BCUT2D eigenvalue weighted by molar-refractivity contribution is 7.99. The number of fused-ring (bicyclic) bond motifs is 2. The van der Waals surface area contributed by atoms with Crippen LogP contribution in [0, 0.1) is 0 Å². The minimum Gasteiger partial charge on any atom is -0.416 e. The minimum atomic E-state index is 0.0707. The Hall–Kier alpha value is -2.71. The van der Waals surface area contributed by atoms with Gasteiger partial charge in [-0.25, -0.2) is 4.98 Å². The highest BCUT2D eigenvalue weighted by Gasteiger charge is 2.22. The molecule has 0 fully saturated rings. The number of amides is 1. The first-order chi connectivity index (χ1) is 14.8. The van der Waals surface area contributed by atoms with E-state index in [0.717, 1.165) is 42.0 Å². The molecule has 2 aromatic heterocycles. The fourth-order valence-corrected chi connectivity index (χ4v) is 5.26. The van der Waals surface area contributed by atoms with Gasteiger partial charge in [-0.2, -0.15) is 0 Å². The smallest absolute Gasteiger partial charge is 0.277 e. The van der Waals surface area contributed by atoms with Crippen molar-refractivity contribution in [3.8, 4) is 0 Å². The Morgan fingerprint density at radius 2 is 1.97 bits per heavy atom. The van der Waals surface area contributed by atoms with E-state index in [1.54, 1.807) is 11.3 Å². The number of aromatic nitrogens is 3. The maximum absolute atomic E-state index is 12.7. The first-order valence-electron chi connectivity index (χ1n) is 9.94. The molecule has 8 heteroatoms. The van der Waals surface area contributed by atoms with Gasteiger partial charge in [-0.3, -0.25) is 4.79 Å². The first kappa shape index (κ1) is 19.3. The van der Waals surface area contributed by atoms with Crippen molar-refractivity contribution in [1.29, 1.82) is 0 Å². The van der Waals surface area contributed by atoms with E-state index in [4.69, 9.17) is 4.42 Å². The molecule has 0 atom stereocenters. The summed E-state index contributed by atoms with van der Waals surface area (Å²) in [7, 11) is 0. The number of nitrogens with zero attached hydrogens (tertiary/aromatic N) is 4. The predicted molar refractivity (Wildman–Crippen MR) is 119 cm³/mol. The summed E-state index contributed by atoms with van der Waals surface area (Å²) < 4.78 is 6.92. The van der Waals surface area contributed by atoms with E-state index in [9.17, 15) is 4.79 Å². The van der Waals surface area contributed by atoms with Crippen molar-refractivity contribution < 1.29 is 9.21 Å². The number of hydrogen-bond donors (Lipinski definition) is 0. The second-order valence-electron chi connectivity index (χ2n) is 7.10. The second kappa shape index (κ2) is 8.57. The number of benzene rings is 2. The van der Waals surface area contributed by atoms with Crippen molar-refractivity contribution in [1.82, 2.24) is 15.2 Å². The normalized spacial score (nSPS) is 13.5. The number of carbonyl (C=O) groups is 1. The Morgan fingerprint density at radius 1 is 1.10 bits per heavy atom. The SMILES string of the molecule is O=C(CSc1nnc(CCc2nc3ccccc3s2)o1)N1CCCc2ccccc21. The molecular weight excluding hydrogens is 416 g/mol. The number of thioether (sulfide) groups is 1. The fraction of sp³-hybridized carbons (Fsp3) is 0.273. The number of anilines is 1. The molecule has 30 heavy (non-hydrogen) atoms. The molecule has 0 saturated carbocycles. The number of aryl methyl sites for hydroxylation is 3. The van der Waals surface area contributed by atoms with Crippen LogP contribution in [0.4, 0.5) is 5.69 Å². The lowest BCUT2D eigenvalue weighted by Crippen LogP contribution is -2.36. The average molecular weight is 437 g/mol. The quantitative estimate of drug-likeness (QED) is 0.413. The fourth-order valence-electron chi connectivity index (χ4n) is 3.63. The van der Waals surface area contributed by atoms with Crippen LogP contribution in [-0.4, -0.2) is 33.4 Å². The van der Waals surface area contributed by atoms with Crippen LogP contribution in [0.2, 0.25) is 0 Å². The van der Waals surface area contributed by atoms with E-state index in [1.807, 2.05) is 41.3 Å². The van der Waals surface area contributed by atoms with Crippen LogP contribution < -0.4 is 4.90 Å². The van der Waals surface area contributed by atoms with Gasteiger partial charge in [0.2, 0.25) is 11.8 Å². The van der Waals surface area contributed by atoms with Crippen molar-refractivity contribution in [3.05, 3.63) is 65.0 Å². The van der Waals surface area contributed by atoms with Crippen molar-refractivity contribution in [2.24, 2.45) is 0 Å². The van der Waals surface area contributed by atoms with Gasteiger partial charge < -0.3 is 9.32 Å². The van der Waals surface area contributed by atoms with Crippen LogP contribution >= 0.6 is 23.1 Å². The molecule has 3 heterocycles. The third-order valence-corrected chi connectivity index (χ3v) is 6.97. The number of hydrogen-bond acceptors (Lipinski definition) is 7. The zero-order valence-corrected chi connectivity index (χ0v) is 17.9. The first-order valence-corrected chi connectivity index (χ1v) is 11.7. The molecule has 0 aliphatic carbocycles. The van der Waals surface area contributed by atoms with Crippen LogP contribution in [0.25, 0.3) is 10.2 Å². The summed E-state index contributed by atoms with van der Waals surface area (Å²) in [4.78, 5) is 19.3. The summed E-state index contributed by atoms with van der Waals surface area (Å²) in [6.45, 7) is 0.758. The Morgan fingerprint density at radius 3 is 2.90 bits per heavy atom. The van der Waals surface area contributed by atoms with Gasteiger partial charge in [0.1, 0.15) is 0 Å². The van der Waals surface area contributed by atoms with E-state index >= 15 is 0 Å². The van der Waals surface area contributed by atoms with E-state index < -0.39 is 0 Å². The highest BCUT2D eigenvalue weighted by Crippen LogP contribution is 2.28. The van der Waals surface area contributed by atoms with E-state index in [-0.39, 0.29) is 11.7 Å². The predicted octanol–water partition coefficient (Wildman–Crippen LogP) is 4.54. The van der Waals surface area contributed by atoms with Gasteiger partial charge in [-0.05, 0) is 36.6 Å². The maximum atomic E-state index is 12.7. The molecule has 1 aliphatic rings. The molecule has 1 amide bonds. The molecule has 0 bridgehead atoms. The molecule has 6 nitrogen and oxygen atoms in total. The lowest BCUT2D eigenvalue weighted by Gasteiger charge is -2.29. The molecule has 152 valence electrons. The number of para-hydroxylation sites is 2. The monoisotopic (exact) mass is 436 g/mol. The lowest BCUT2D eigenvalue weighted by atomic mass is 10.0. The van der Waals surface area contributed by atoms with E-state index in [1.165, 1.54) is 22.0 Å². The molecule has 0 N–H and O–H groups in total. The van der Waals surface area contributed by atoms with Crippen molar-refractivity contribution >= 4 is 44.9 Å². The van der Waals surface area contributed by atoms with Crippen molar-refractivity contribution in [2.75, 3.05) is 17.2 Å². The molecule has 5 rings (SSSR count). The minimum absolute atomic E-state index is 0.0707. The average Bonchev–Trinajstić information content (AvgIpc) is 3.42. The van der Waals surface area contributed by atoms with Gasteiger partial charge in [-0.1, -0.05) is 42.1 Å². The Labute approximate surface area is 182 Å². The zero-order chi connectivity index (χ0) is 20.3. The van der Waals surface area contributed by atoms with Gasteiger partial charge in [0.15, 0.2) is 0 Å². The van der Waals surface area contributed by atoms with E-state index in [0.29, 0.717) is 17.5 Å². The van der Waals surface area contributed by atoms with Crippen LogP contribution in [-0.2, 0) is 24.1 Å². The zero-order valence-electron chi connectivity index (χ0n) is 16.3. The molecule has 0 saturated heterocycles. The number of rotatable bonds is 6. The topological polar surface area (TPSA) is 72.1 Å². The van der Waals surface area contributed by atoms with Crippen molar-refractivity contribution in [2.45, 2.75) is 30.9 Å². The number of thiazole rings is 1. The Bertz CT molecular complexity index is 1150. The van der Waals surface area contributed by atoms with Gasteiger partial charge in [-0.15, -0.1) is 21.5 Å². The summed E-state index contributed by atoms with van der Waals surface area (Å²) in [6.07, 6.45) is 3.41. The standard InChI is InChI=1S/C22H20N4O2S2/c27-21(26-13-5-7-15-6-1-3-9-17(15)26)14-29-22-25-24-19(28-22)11-12-20-23-16-8-2-4-10-18(16)30-20/h1-4,6,8-10H,5,7,11-14H2. The molecule has 1 aliphatic heterocycles. The highest BCUT2D eigenvalue weighted by atomic mass is 32.2. The van der Waals surface area contributed by atoms with Crippen molar-refractivity contribution in [3.63, 3.8) is 0 Å². The second-order valence-corrected chi connectivity index (χ2v) is 9.15. The Kier molecular flexibility index (Phi) is 5.50. The summed E-state index contributed by atoms with van der Waals surface area (Å²) in [5.41, 5.74) is 3.28. The summed E-state index contributed by atoms with van der Waals surface area (Å²) in [5, 5.41) is 9.71. The molecule has 0 unspecified atom stereocenters. The summed E-state index contributed by atoms with van der Waals surface area (Å²) in [5.74, 6) is 0.933. The van der Waals surface area contributed by atoms with Crippen LogP contribution in [0.3, 0.4) is 0 Å². The molecule has 2 aromatic carbocycles. The van der Waals surface area contributed by atoms with E-state index in [2.05, 4.69) is 27.3 Å². The molecule has 4 aromatic rings. The third-order valence-electron chi connectivity index (χ3n) is 5.07. The third kappa shape index (κ3) is 4.11. The Balaban J connectivity index is 1.17.